The predicted octanol–water partition coefficient (Wildman–Crippen LogP) is 3.31. The standard InChI is InChI=1S/C16H19FO3/c1-11(2)16(17)9-12(3)20-14(16)10-19-15(18)13-7-5-4-6-8-13/h4-8,12,14H,1,9-10H2,2-3H3/t12?,14-,16?/m1/s1. The minimum Gasteiger partial charge on any atom is -0.459 e. The highest BCUT2D eigenvalue weighted by atomic mass is 19.1. The summed E-state index contributed by atoms with van der Waals surface area (Å²) < 4.78 is 25.5. The molecular weight excluding hydrogens is 259 g/mol. The smallest absolute Gasteiger partial charge is 0.338 e. The van der Waals surface area contributed by atoms with Crippen molar-refractivity contribution >= 4 is 5.97 Å². The van der Waals surface area contributed by atoms with Crippen LogP contribution in [-0.2, 0) is 9.47 Å². The Hall–Kier alpha value is -1.68. The van der Waals surface area contributed by atoms with Gasteiger partial charge in [-0.25, -0.2) is 9.18 Å². The number of carbonyl (C=O) groups is 1. The third-order valence-corrected chi connectivity index (χ3v) is 3.58. The van der Waals surface area contributed by atoms with E-state index in [0.29, 0.717) is 11.1 Å². The third-order valence-electron chi connectivity index (χ3n) is 3.58. The van der Waals surface area contributed by atoms with Crippen LogP contribution in [0.5, 0.6) is 0 Å². The first-order valence-corrected chi connectivity index (χ1v) is 6.66. The molecule has 0 aliphatic carbocycles. The first-order chi connectivity index (χ1) is 9.43. The maximum atomic E-state index is 14.8. The van der Waals surface area contributed by atoms with Crippen molar-refractivity contribution in [2.75, 3.05) is 6.61 Å². The van der Waals surface area contributed by atoms with Crippen LogP contribution in [0.2, 0.25) is 0 Å². The molecule has 0 amide bonds. The molecule has 0 saturated carbocycles. The van der Waals surface area contributed by atoms with Gasteiger partial charge >= 0.3 is 5.97 Å². The van der Waals surface area contributed by atoms with Gasteiger partial charge in [0, 0.05) is 6.42 Å². The van der Waals surface area contributed by atoms with Gasteiger partial charge < -0.3 is 9.47 Å². The number of esters is 1. The second-order valence-corrected chi connectivity index (χ2v) is 5.25. The molecule has 108 valence electrons. The lowest BCUT2D eigenvalue weighted by Gasteiger charge is -2.25. The largest absolute Gasteiger partial charge is 0.459 e. The van der Waals surface area contributed by atoms with E-state index < -0.39 is 17.7 Å². The van der Waals surface area contributed by atoms with Crippen molar-refractivity contribution in [2.24, 2.45) is 0 Å². The molecule has 0 N–H and O–H groups in total. The highest BCUT2D eigenvalue weighted by Gasteiger charge is 2.49. The maximum absolute atomic E-state index is 14.8. The molecule has 1 aliphatic heterocycles. The number of hydrogen-bond donors (Lipinski definition) is 0. The van der Waals surface area contributed by atoms with E-state index in [9.17, 15) is 9.18 Å². The van der Waals surface area contributed by atoms with Gasteiger partial charge in [0.25, 0.3) is 0 Å². The van der Waals surface area contributed by atoms with E-state index in [1.54, 1.807) is 38.1 Å². The molecule has 1 aromatic carbocycles. The number of hydrogen-bond acceptors (Lipinski definition) is 3. The summed E-state index contributed by atoms with van der Waals surface area (Å²) in [6, 6.07) is 8.62. The SMILES string of the molecule is C=C(C)C1(F)CC(C)O[C@@H]1COC(=O)c1ccccc1. The van der Waals surface area contributed by atoms with Crippen LogP contribution in [-0.4, -0.2) is 30.5 Å². The van der Waals surface area contributed by atoms with Crippen LogP contribution in [0.15, 0.2) is 42.5 Å². The fourth-order valence-electron chi connectivity index (χ4n) is 2.42. The van der Waals surface area contributed by atoms with Gasteiger partial charge in [-0.3, -0.25) is 0 Å². The summed E-state index contributed by atoms with van der Waals surface area (Å²) >= 11 is 0. The van der Waals surface area contributed by atoms with Gasteiger partial charge in [0.1, 0.15) is 12.7 Å². The van der Waals surface area contributed by atoms with E-state index in [1.165, 1.54) is 0 Å². The van der Waals surface area contributed by atoms with Gasteiger partial charge in [0.15, 0.2) is 5.67 Å². The number of benzene rings is 1. The van der Waals surface area contributed by atoms with Crippen molar-refractivity contribution in [2.45, 2.75) is 38.1 Å². The summed E-state index contributed by atoms with van der Waals surface area (Å²) in [7, 11) is 0. The molecule has 2 rings (SSSR count). The van der Waals surface area contributed by atoms with E-state index in [4.69, 9.17) is 9.47 Å². The van der Waals surface area contributed by atoms with E-state index >= 15 is 0 Å². The average Bonchev–Trinajstić information content (AvgIpc) is 2.73. The van der Waals surface area contributed by atoms with Crippen LogP contribution in [0.4, 0.5) is 4.39 Å². The van der Waals surface area contributed by atoms with E-state index in [1.807, 2.05) is 6.07 Å². The Bertz CT molecular complexity index is 500. The third kappa shape index (κ3) is 2.90. The number of rotatable bonds is 4. The van der Waals surface area contributed by atoms with Crippen molar-refractivity contribution in [1.29, 1.82) is 0 Å². The summed E-state index contributed by atoms with van der Waals surface area (Å²) in [6.07, 6.45) is -0.754. The molecule has 0 bridgehead atoms. The Morgan fingerprint density at radius 3 is 2.75 bits per heavy atom. The summed E-state index contributed by atoms with van der Waals surface area (Å²) in [5.41, 5.74) is -0.780. The summed E-state index contributed by atoms with van der Waals surface area (Å²) in [5, 5.41) is 0. The Morgan fingerprint density at radius 2 is 2.15 bits per heavy atom. The first kappa shape index (κ1) is 14.7. The highest BCUT2D eigenvalue weighted by Crippen LogP contribution is 2.39. The van der Waals surface area contributed by atoms with Crippen LogP contribution >= 0.6 is 0 Å². The molecule has 3 nitrogen and oxygen atoms in total. The molecule has 2 unspecified atom stereocenters. The molecule has 3 atom stereocenters. The number of alkyl halides is 1. The van der Waals surface area contributed by atoms with Crippen molar-refractivity contribution in [1.82, 2.24) is 0 Å². The Kier molecular flexibility index (Phi) is 4.23. The highest BCUT2D eigenvalue weighted by molar-refractivity contribution is 5.89. The molecule has 1 heterocycles. The maximum Gasteiger partial charge on any atom is 0.338 e. The zero-order chi connectivity index (χ0) is 14.8. The average molecular weight is 278 g/mol. The normalized spacial score (nSPS) is 29.1. The van der Waals surface area contributed by atoms with Gasteiger partial charge in [-0.1, -0.05) is 24.8 Å². The van der Waals surface area contributed by atoms with Crippen LogP contribution in [0.3, 0.4) is 0 Å². The molecular formula is C16H19FO3. The summed E-state index contributed by atoms with van der Waals surface area (Å²) in [6.45, 7) is 7.01. The van der Waals surface area contributed by atoms with Gasteiger partial charge in [0.05, 0.1) is 11.7 Å². The van der Waals surface area contributed by atoms with Crippen LogP contribution in [0, 0.1) is 0 Å². The second-order valence-electron chi connectivity index (χ2n) is 5.25. The molecule has 1 aliphatic rings. The minimum atomic E-state index is -1.63. The van der Waals surface area contributed by atoms with Crippen molar-refractivity contribution in [3.63, 3.8) is 0 Å². The Morgan fingerprint density at radius 1 is 1.50 bits per heavy atom. The van der Waals surface area contributed by atoms with Gasteiger partial charge in [-0.05, 0) is 31.6 Å². The first-order valence-electron chi connectivity index (χ1n) is 6.66. The monoisotopic (exact) mass is 278 g/mol. The number of ether oxygens (including phenoxy) is 2. The lowest BCUT2D eigenvalue weighted by atomic mass is 9.89. The fraction of sp³-hybridized carbons (Fsp3) is 0.438. The molecule has 1 fully saturated rings. The summed E-state index contributed by atoms with van der Waals surface area (Å²) in [5.74, 6) is -0.474. The molecule has 0 spiro atoms. The van der Waals surface area contributed by atoms with Gasteiger partial charge in [-0.2, -0.15) is 0 Å². The van der Waals surface area contributed by atoms with Gasteiger partial charge in [0.2, 0.25) is 0 Å². The minimum absolute atomic E-state index is 0.110. The predicted molar refractivity (Wildman–Crippen MR) is 74.3 cm³/mol. The molecule has 0 aromatic heterocycles. The fourth-order valence-corrected chi connectivity index (χ4v) is 2.42. The van der Waals surface area contributed by atoms with Crippen molar-refractivity contribution in [3.8, 4) is 0 Å². The molecule has 4 heteroatoms. The van der Waals surface area contributed by atoms with E-state index in [0.717, 1.165) is 0 Å². The zero-order valence-corrected chi connectivity index (χ0v) is 11.8. The number of halogens is 1. The topological polar surface area (TPSA) is 35.5 Å². The van der Waals surface area contributed by atoms with E-state index in [2.05, 4.69) is 6.58 Å². The molecule has 1 aromatic rings. The van der Waals surface area contributed by atoms with Gasteiger partial charge in [-0.15, -0.1) is 0 Å². The van der Waals surface area contributed by atoms with Crippen LogP contribution < -0.4 is 0 Å². The van der Waals surface area contributed by atoms with Crippen molar-refractivity contribution < 1.29 is 18.7 Å². The number of carbonyl (C=O) groups excluding carboxylic acids is 1. The summed E-state index contributed by atoms with van der Waals surface area (Å²) in [4.78, 5) is 11.8. The van der Waals surface area contributed by atoms with Crippen LogP contribution in [0.25, 0.3) is 0 Å². The lowest BCUT2D eigenvalue weighted by molar-refractivity contribution is -0.0323. The molecule has 1 saturated heterocycles. The quantitative estimate of drug-likeness (QED) is 0.626. The molecule has 20 heavy (non-hydrogen) atoms. The lowest BCUT2D eigenvalue weighted by Crippen LogP contribution is -2.38. The molecule has 0 radical (unpaired) electrons. The van der Waals surface area contributed by atoms with E-state index in [-0.39, 0.29) is 19.1 Å². The zero-order valence-electron chi connectivity index (χ0n) is 11.8. The Labute approximate surface area is 118 Å². The van der Waals surface area contributed by atoms with Crippen molar-refractivity contribution in [3.05, 3.63) is 48.0 Å². The Balaban J connectivity index is 2.00. The second kappa shape index (κ2) is 5.75. The van der Waals surface area contributed by atoms with Crippen LogP contribution in [0.1, 0.15) is 30.6 Å².